The van der Waals surface area contributed by atoms with E-state index in [1.807, 2.05) is 33.2 Å². The summed E-state index contributed by atoms with van der Waals surface area (Å²) in [5.41, 5.74) is 7.19. The third-order valence-corrected chi connectivity index (χ3v) is 3.71. The molecule has 1 amide bonds. The molecule has 1 unspecified atom stereocenters. The maximum Gasteiger partial charge on any atom is 0.254 e. The van der Waals surface area contributed by atoms with Crippen molar-refractivity contribution in [3.05, 3.63) is 23.4 Å². The molecule has 0 saturated heterocycles. The van der Waals surface area contributed by atoms with Crippen LogP contribution in [0.2, 0.25) is 0 Å². The summed E-state index contributed by atoms with van der Waals surface area (Å²) in [6.45, 7) is 4.04. The molecule has 1 rings (SSSR count). The van der Waals surface area contributed by atoms with Crippen LogP contribution < -0.4 is 5.73 Å². The van der Waals surface area contributed by atoms with Crippen LogP contribution in [0.1, 0.15) is 29.9 Å². The monoisotopic (exact) mass is 267 g/mol. The van der Waals surface area contributed by atoms with E-state index < -0.39 is 0 Å². The Bertz CT molecular complexity index is 423. The van der Waals surface area contributed by atoms with Gasteiger partial charge in [0.2, 0.25) is 0 Å². The molecular weight excluding hydrogens is 246 g/mol. The lowest BCUT2D eigenvalue weighted by Crippen LogP contribution is -2.36. The molecule has 1 aromatic heterocycles. The van der Waals surface area contributed by atoms with Gasteiger partial charge in [-0.2, -0.15) is 11.8 Å². The Hall–Kier alpha value is -1.23. The number of nitrogen functional groups attached to an aromatic ring is 1. The van der Waals surface area contributed by atoms with E-state index in [9.17, 15) is 4.79 Å². The third kappa shape index (κ3) is 3.63. The first kappa shape index (κ1) is 14.8. The Kier molecular flexibility index (Phi) is 5.47. The topological polar surface area (TPSA) is 59.2 Å². The number of aromatic nitrogens is 1. The molecule has 0 aliphatic rings. The second-order valence-electron chi connectivity index (χ2n) is 4.35. The summed E-state index contributed by atoms with van der Waals surface area (Å²) in [5.74, 6) is 1.33. The van der Waals surface area contributed by atoms with E-state index in [1.54, 1.807) is 22.7 Å². The molecular formula is C13H21N3OS. The smallest absolute Gasteiger partial charge is 0.254 e. The van der Waals surface area contributed by atoms with Crippen molar-refractivity contribution in [2.24, 2.45) is 0 Å². The molecule has 0 saturated carbocycles. The molecule has 5 heteroatoms. The van der Waals surface area contributed by atoms with Crippen LogP contribution >= 0.6 is 11.8 Å². The minimum atomic E-state index is 0.000324. The van der Waals surface area contributed by atoms with Crippen LogP contribution in [-0.4, -0.2) is 40.9 Å². The number of rotatable bonds is 5. The van der Waals surface area contributed by atoms with E-state index >= 15 is 0 Å². The minimum Gasteiger partial charge on any atom is -0.384 e. The number of nitrogens with zero attached hydrogens (tertiary/aromatic N) is 2. The number of pyridine rings is 1. The molecule has 100 valence electrons. The molecule has 0 aliphatic carbocycles. The van der Waals surface area contributed by atoms with Gasteiger partial charge in [0, 0.05) is 30.1 Å². The number of amides is 1. The highest BCUT2D eigenvalue weighted by Crippen LogP contribution is 2.13. The zero-order valence-corrected chi connectivity index (χ0v) is 12.3. The largest absolute Gasteiger partial charge is 0.384 e. The van der Waals surface area contributed by atoms with Crippen LogP contribution in [0.5, 0.6) is 0 Å². The molecule has 0 fully saturated rings. The molecule has 18 heavy (non-hydrogen) atoms. The predicted molar refractivity (Wildman–Crippen MR) is 78.0 cm³/mol. The van der Waals surface area contributed by atoms with Gasteiger partial charge in [0.25, 0.3) is 5.91 Å². The number of hydrogen-bond donors (Lipinski definition) is 1. The van der Waals surface area contributed by atoms with Crippen molar-refractivity contribution in [1.29, 1.82) is 0 Å². The number of thioether (sulfide) groups is 1. The number of aryl methyl sites for hydroxylation is 1. The lowest BCUT2D eigenvalue weighted by atomic mass is 10.1. The SMILES string of the molecule is CCc1cc(C(=O)N(C)C(C)CSC)cc(N)n1. The fourth-order valence-corrected chi connectivity index (χ4v) is 2.38. The van der Waals surface area contributed by atoms with Crippen LogP contribution in [-0.2, 0) is 6.42 Å². The molecule has 0 bridgehead atoms. The summed E-state index contributed by atoms with van der Waals surface area (Å²) in [5, 5.41) is 0. The van der Waals surface area contributed by atoms with Gasteiger partial charge in [0.05, 0.1) is 0 Å². The molecule has 1 aromatic rings. The Labute approximate surface area is 113 Å². The standard InChI is InChI=1S/C13H21N3OS/c1-5-11-6-10(7-12(14)15-11)13(17)16(3)9(2)8-18-4/h6-7,9H,5,8H2,1-4H3,(H2,14,15). The number of hydrogen-bond acceptors (Lipinski definition) is 4. The minimum absolute atomic E-state index is 0.000324. The first-order valence-electron chi connectivity index (χ1n) is 6.02. The quantitative estimate of drug-likeness (QED) is 0.887. The maximum atomic E-state index is 12.3. The van der Waals surface area contributed by atoms with Gasteiger partial charge in [-0.25, -0.2) is 4.98 Å². The predicted octanol–water partition coefficient (Wildman–Crippen LogP) is 2.05. The zero-order chi connectivity index (χ0) is 13.7. The highest BCUT2D eigenvalue weighted by molar-refractivity contribution is 7.98. The van der Waals surface area contributed by atoms with E-state index in [4.69, 9.17) is 5.73 Å². The van der Waals surface area contributed by atoms with Crippen LogP contribution in [0.25, 0.3) is 0 Å². The second kappa shape index (κ2) is 6.64. The van der Waals surface area contributed by atoms with Gasteiger partial charge in [-0.1, -0.05) is 6.92 Å². The summed E-state index contributed by atoms with van der Waals surface area (Å²) < 4.78 is 0. The Morgan fingerprint density at radius 3 is 2.78 bits per heavy atom. The average molecular weight is 267 g/mol. The number of nitrogens with two attached hydrogens (primary N) is 1. The number of anilines is 1. The van der Waals surface area contributed by atoms with Gasteiger partial charge in [0.15, 0.2) is 0 Å². The third-order valence-electron chi connectivity index (χ3n) is 2.90. The second-order valence-corrected chi connectivity index (χ2v) is 5.26. The van der Waals surface area contributed by atoms with E-state index in [2.05, 4.69) is 4.98 Å². The normalized spacial score (nSPS) is 12.2. The van der Waals surface area contributed by atoms with Crippen LogP contribution in [0.3, 0.4) is 0 Å². The van der Waals surface area contributed by atoms with Crippen molar-refractivity contribution in [3.63, 3.8) is 0 Å². The van der Waals surface area contributed by atoms with Crippen molar-refractivity contribution in [2.45, 2.75) is 26.3 Å². The fourth-order valence-electron chi connectivity index (χ4n) is 1.67. The molecule has 1 heterocycles. The van der Waals surface area contributed by atoms with E-state index in [0.29, 0.717) is 11.4 Å². The van der Waals surface area contributed by atoms with Crippen molar-refractivity contribution in [1.82, 2.24) is 9.88 Å². The zero-order valence-electron chi connectivity index (χ0n) is 11.4. The molecule has 0 spiro atoms. The lowest BCUT2D eigenvalue weighted by Gasteiger charge is -2.24. The van der Waals surface area contributed by atoms with E-state index in [1.165, 1.54) is 0 Å². The molecule has 0 aliphatic heterocycles. The van der Waals surface area contributed by atoms with Crippen molar-refractivity contribution >= 4 is 23.5 Å². The van der Waals surface area contributed by atoms with Crippen LogP contribution in [0, 0.1) is 0 Å². The first-order valence-corrected chi connectivity index (χ1v) is 7.41. The van der Waals surface area contributed by atoms with Crippen molar-refractivity contribution < 1.29 is 4.79 Å². The van der Waals surface area contributed by atoms with Gasteiger partial charge in [-0.3, -0.25) is 4.79 Å². The number of carbonyl (C=O) groups is 1. The van der Waals surface area contributed by atoms with Crippen LogP contribution in [0.4, 0.5) is 5.82 Å². The first-order chi connectivity index (χ1) is 8.49. The average Bonchev–Trinajstić information content (AvgIpc) is 2.36. The molecule has 2 N–H and O–H groups in total. The van der Waals surface area contributed by atoms with E-state index in [0.717, 1.165) is 17.9 Å². The van der Waals surface area contributed by atoms with Gasteiger partial charge < -0.3 is 10.6 Å². The summed E-state index contributed by atoms with van der Waals surface area (Å²) >= 11 is 1.73. The summed E-state index contributed by atoms with van der Waals surface area (Å²) in [4.78, 5) is 18.2. The van der Waals surface area contributed by atoms with E-state index in [-0.39, 0.29) is 11.9 Å². The van der Waals surface area contributed by atoms with Crippen molar-refractivity contribution in [2.75, 3.05) is 24.8 Å². The van der Waals surface area contributed by atoms with Gasteiger partial charge in [-0.05, 0) is 31.7 Å². The summed E-state index contributed by atoms with van der Waals surface area (Å²) in [6.07, 6.45) is 2.81. The van der Waals surface area contributed by atoms with Gasteiger partial charge in [-0.15, -0.1) is 0 Å². The number of carbonyl (C=O) groups excluding carboxylic acids is 1. The Morgan fingerprint density at radius 2 is 2.22 bits per heavy atom. The fraction of sp³-hybridized carbons (Fsp3) is 0.538. The Morgan fingerprint density at radius 1 is 1.56 bits per heavy atom. The lowest BCUT2D eigenvalue weighted by molar-refractivity contribution is 0.0757. The van der Waals surface area contributed by atoms with Gasteiger partial charge in [0.1, 0.15) is 5.82 Å². The molecule has 0 radical (unpaired) electrons. The van der Waals surface area contributed by atoms with Gasteiger partial charge >= 0.3 is 0 Å². The molecule has 4 nitrogen and oxygen atoms in total. The summed E-state index contributed by atoms with van der Waals surface area (Å²) in [7, 11) is 1.82. The maximum absolute atomic E-state index is 12.3. The summed E-state index contributed by atoms with van der Waals surface area (Å²) in [6, 6.07) is 3.66. The van der Waals surface area contributed by atoms with Crippen LogP contribution in [0.15, 0.2) is 12.1 Å². The molecule has 0 aromatic carbocycles. The highest BCUT2D eigenvalue weighted by atomic mass is 32.2. The molecule has 1 atom stereocenters. The van der Waals surface area contributed by atoms with Crippen molar-refractivity contribution in [3.8, 4) is 0 Å². The Balaban J connectivity index is 2.92. The highest BCUT2D eigenvalue weighted by Gasteiger charge is 2.18.